The van der Waals surface area contributed by atoms with Gasteiger partial charge in [0.25, 0.3) is 5.91 Å². The van der Waals surface area contributed by atoms with Gasteiger partial charge >= 0.3 is 0 Å². The first-order chi connectivity index (χ1) is 11.5. The molecule has 24 heavy (non-hydrogen) atoms. The summed E-state index contributed by atoms with van der Waals surface area (Å²) in [7, 11) is 0. The molecule has 1 aromatic carbocycles. The third-order valence-electron chi connectivity index (χ3n) is 4.88. The number of piperidine rings is 1. The summed E-state index contributed by atoms with van der Waals surface area (Å²) in [5.41, 5.74) is 5.48. The molecule has 0 radical (unpaired) electrons. The first-order valence-electron chi connectivity index (χ1n) is 8.15. The minimum atomic E-state index is -0.485. The van der Waals surface area contributed by atoms with Crippen molar-refractivity contribution in [2.75, 3.05) is 13.1 Å². The number of hydrogen-bond donors (Lipinski definition) is 1. The minimum absolute atomic E-state index is 0.0255. The molecule has 1 aromatic rings. The van der Waals surface area contributed by atoms with Crippen LogP contribution in [0, 0.1) is 11.7 Å². The number of nitrogens with zero attached hydrogens (tertiary/aromatic N) is 1. The number of carbonyl (C=O) groups is 2. The van der Waals surface area contributed by atoms with Crippen LogP contribution in [0.5, 0.6) is 0 Å². The van der Waals surface area contributed by atoms with Gasteiger partial charge in [-0.05, 0) is 49.8 Å². The second-order valence-electron chi connectivity index (χ2n) is 6.40. The Morgan fingerprint density at radius 2 is 1.92 bits per heavy atom. The predicted octanol–water partition coefficient (Wildman–Crippen LogP) is 2.36. The summed E-state index contributed by atoms with van der Waals surface area (Å²) >= 11 is 6.01. The highest BCUT2D eigenvalue weighted by Crippen LogP contribution is 2.32. The zero-order valence-electron chi connectivity index (χ0n) is 13.2. The van der Waals surface area contributed by atoms with Crippen LogP contribution in [0.15, 0.2) is 18.2 Å². The lowest BCUT2D eigenvalue weighted by molar-refractivity contribution is -0.130. The molecule has 2 atom stereocenters. The summed E-state index contributed by atoms with van der Waals surface area (Å²) in [6.45, 7) is 1.13. The normalized spacial score (nSPS) is 25.0. The highest BCUT2D eigenvalue weighted by atomic mass is 35.5. The smallest absolute Gasteiger partial charge is 0.255 e. The summed E-state index contributed by atoms with van der Waals surface area (Å²) in [4.78, 5) is 25.4. The largest absolute Gasteiger partial charge is 0.367 e. The van der Waals surface area contributed by atoms with E-state index in [9.17, 15) is 14.0 Å². The predicted molar refractivity (Wildman–Crippen MR) is 87.1 cm³/mol. The highest BCUT2D eigenvalue weighted by molar-refractivity contribution is 6.33. The number of primary amides is 1. The third-order valence-corrected chi connectivity index (χ3v) is 5.21. The number of amides is 2. The molecule has 2 amide bonds. The van der Waals surface area contributed by atoms with E-state index >= 15 is 0 Å². The van der Waals surface area contributed by atoms with E-state index in [0.717, 1.165) is 19.3 Å². The second-order valence-corrected chi connectivity index (χ2v) is 6.80. The molecule has 0 saturated carbocycles. The van der Waals surface area contributed by atoms with E-state index < -0.39 is 17.8 Å². The van der Waals surface area contributed by atoms with Crippen LogP contribution in [0.3, 0.4) is 0 Å². The topological polar surface area (TPSA) is 72.6 Å². The van der Waals surface area contributed by atoms with Gasteiger partial charge in [0.2, 0.25) is 5.91 Å². The van der Waals surface area contributed by atoms with Gasteiger partial charge in [-0.3, -0.25) is 9.59 Å². The molecule has 0 aromatic heterocycles. The fourth-order valence-corrected chi connectivity index (χ4v) is 3.72. The van der Waals surface area contributed by atoms with Crippen molar-refractivity contribution >= 4 is 23.4 Å². The van der Waals surface area contributed by atoms with Crippen LogP contribution in [0.1, 0.15) is 36.0 Å². The molecule has 2 aliphatic rings. The Morgan fingerprint density at radius 3 is 2.54 bits per heavy atom. The fourth-order valence-electron chi connectivity index (χ4n) is 3.52. The molecule has 2 saturated heterocycles. The zero-order chi connectivity index (χ0) is 17.3. The van der Waals surface area contributed by atoms with Crippen molar-refractivity contribution in [1.29, 1.82) is 0 Å². The van der Waals surface area contributed by atoms with E-state index in [1.807, 2.05) is 0 Å². The SMILES string of the molecule is NC(=O)[C@H]1CC[C@@H](C2CCN(C(=O)c3cc(F)ccc3Cl)CC2)O1. The van der Waals surface area contributed by atoms with Crippen molar-refractivity contribution in [3.8, 4) is 0 Å². The Labute approximate surface area is 144 Å². The molecule has 5 nitrogen and oxygen atoms in total. The maximum absolute atomic E-state index is 13.4. The minimum Gasteiger partial charge on any atom is -0.367 e. The molecule has 2 heterocycles. The van der Waals surface area contributed by atoms with Gasteiger partial charge in [-0.15, -0.1) is 0 Å². The lowest BCUT2D eigenvalue weighted by Crippen LogP contribution is -2.41. The van der Waals surface area contributed by atoms with Crippen molar-refractivity contribution < 1.29 is 18.7 Å². The number of rotatable bonds is 3. The van der Waals surface area contributed by atoms with Gasteiger partial charge in [0.1, 0.15) is 11.9 Å². The van der Waals surface area contributed by atoms with E-state index in [-0.39, 0.29) is 22.6 Å². The average Bonchev–Trinajstić information content (AvgIpc) is 3.07. The van der Waals surface area contributed by atoms with Gasteiger partial charge in [0, 0.05) is 13.1 Å². The molecular formula is C17H20ClFN2O3. The Hall–Kier alpha value is -1.66. The van der Waals surface area contributed by atoms with E-state index in [2.05, 4.69) is 0 Å². The van der Waals surface area contributed by atoms with E-state index in [0.29, 0.717) is 25.4 Å². The number of benzene rings is 1. The number of hydrogen-bond acceptors (Lipinski definition) is 3. The monoisotopic (exact) mass is 354 g/mol. The van der Waals surface area contributed by atoms with Crippen LogP contribution in [-0.4, -0.2) is 42.0 Å². The molecule has 3 rings (SSSR count). The van der Waals surface area contributed by atoms with Crippen LogP contribution in [-0.2, 0) is 9.53 Å². The summed E-state index contributed by atoms with van der Waals surface area (Å²) in [6.07, 6.45) is 2.60. The van der Waals surface area contributed by atoms with E-state index in [4.69, 9.17) is 22.1 Å². The van der Waals surface area contributed by atoms with E-state index in [1.165, 1.54) is 18.2 Å². The van der Waals surface area contributed by atoms with Crippen LogP contribution < -0.4 is 5.73 Å². The Morgan fingerprint density at radius 1 is 1.21 bits per heavy atom. The van der Waals surface area contributed by atoms with Gasteiger partial charge in [0.05, 0.1) is 16.7 Å². The van der Waals surface area contributed by atoms with Crippen LogP contribution in [0.25, 0.3) is 0 Å². The van der Waals surface area contributed by atoms with Gasteiger partial charge < -0.3 is 15.4 Å². The molecule has 0 aliphatic carbocycles. The summed E-state index contributed by atoms with van der Waals surface area (Å²) in [5.74, 6) is -0.831. The molecule has 2 fully saturated rings. The number of likely N-dealkylation sites (tertiary alicyclic amines) is 1. The first-order valence-corrected chi connectivity index (χ1v) is 8.52. The van der Waals surface area contributed by atoms with Gasteiger partial charge in [-0.2, -0.15) is 0 Å². The van der Waals surface area contributed by atoms with E-state index in [1.54, 1.807) is 4.90 Å². The Balaban J connectivity index is 1.58. The van der Waals surface area contributed by atoms with Crippen molar-refractivity contribution in [3.05, 3.63) is 34.6 Å². The van der Waals surface area contributed by atoms with Crippen LogP contribution >= 0.6 is 11.6 Å². The summed E-state index contributed by atoms with van der Waals surface area (Å²) < 4.78 is 19.1. The Kier molecular flexibility index (Phi) is 5.06. The van der Waals surface area contributed by atoms with Gasteiger partial charge in [-0.1, -0.05) is 11.6 Å². The molecule has 130 valence electrons. The van der Waals surface area contributed by atoms with Gasteiger partial charge in [0.15, 0.2) is 0 Å². The number of ether oxygens (including phenoxy) is 1. The lowest BCUT2D eigenvalue weighted by Gasteiger charge is -2.34. The number of nitrogens with two attached hydrogens (primary N) is 1. The van der Waals surface area contributed by atoms with Crippen LogP contribution in [0.2, 0.25) is 5.02 Å². The average molecular weight is 355 g/mol. The quantitative estimate of drug-likeness (QED) is 0.905. The zero-order valence-corrected chi connectivity index (χ0v) is 14.0. The third kappa shape index (κ3) is 3.54. The molecule has 7 heteroatoms. The number of carbonyl (C=O) groups excluding carboxylic acids is 2. The highest BCUT2D eigenvalue weighted by Gasteiger charge is 2.36. The van der Waals surface area contributed by atoms with Crippen molar-refractivity contribution in [2.24, 2.45) is 11.7 Å². The maximum atomic E-state index is 13.4. The van der Waals surface area contributed by atoms with Crippen molar-refractivity contribution in [3.63, 3.8) is 0 Å². The first kappa shape index (κ1) is 17.2. The van der Waals surface area contributed by atoms with Crippen LogP contribution in [0.4, 0.5) is 4.39 Å². The number of halogens is 2. The summed E-state index contributed by atoms with van der Waals surface area (Å²) in [5, 5.41) is 0.256. The fraction of sp³-hybridized carbons (Fsp3) is 0.529. The molecule has 2 N–H and O–H groups in total. The standard InChI is InChI=1S/C17H20ClFN2O3/c18-13-2-1-11(19)9-12(13)17(23)21-7-5-10(6-8-21)14-3-4-15(24-14)16(20)22/h1-2,9-10,14-15H,3-8H2,(H2,20,22)/t14-,15+/m0/s1. The molecule has 2 aliphatic heterocycles. The van der Waals surface area contributed by atoms with Gasteiger partial charge in [-0.25, -0.2) is 4.39 Å². The van der Waals surface area contributed by atoms with Crippen molar-refractivity contribution in [1.82, 2.24) is 4.90 Å². The molecular weight excluding hydrogens is 335 g/mol. The molecule has 0 bridgehead atoms. The lowest BCUT2D eigenvalue weighted by atomic mass is 9.89. The summed E-state index contributed by atoms with van der Waals surface area (Å²) in [6, 6.07) is 3.80. The molecule has 0 unspecified atom stereocenters. The Bertz CT molecular complexity index is 647. The van der Waals surface area contributed by atoms with Crippen molar-refractivity contribution in [2.45, 2.75) is 37.9 Å². The maximum Gasteiger partial charge on any atom is 0.255 e. The molecule has 0 spiro atoms. The second kappa shape index (κ2) is 7.07.